The van der Waals surface area contributed by atoms with Crippen molar-refractivity contribution >= 4 is 24.0 Å². The van der Waals surface area contributed by atoms with Crippen LogP contribution in [0.25, 0.3) is 0 Å². The fraction of sp³-hybridized carbons (Fsp3) is 0.562. The predicted molar refractivity (Wildman–Crippen MR) is 89.5 cm³/mol. The molecule has 1 amide bonds. The summed E-state index contributed by atoms with van der Waals surface area (Å²) in [6.07, 6.45) is 0.986. The standard InChI is InChI=1S/C16H24N2O3.ClH/c1-12-3-4-14(17)9-15(12)16(19)18-6-5-13(10-18)11-21-8-7-20-2;/h3-4,9,13H,5-8,10-11,17H2,1-2H3;1H. The third-order valence-electron chi connectivity index (χ3n) is 3.85. The van der Waals surface area contributed by atoms with Crippen LogP contribution in [0.4, 0.5) is 5.69 Å². The van der Waals surface area contributed by atoms with Gasteiger partial charge in [-0.15, -0.1) is 12.4 Å². The molecule has 1 unspecified atom stereocenters. The maximum atomic E-state index is 12.6. The molecule has 1 atom stereocenters. The highest BCUT2D eigenvalue weighted by molar-refractivity contribution is 5.96. The van der Waals surface area contributed by atoms with Gasteiger partial charge in [0.15, 0.2) is 0 Å². The van der Waals surface area contributed by atoms with Crippen molar-refractivity contribution in [2.75, 3.05) is 45.8 Å². The van der Waals surface area contributed by atoms with Gasteiger partial charge >= 0.3 is 0 Å². The van der Waals surface area contributed by atoms with E-state index < -0.39 is 0 Å². The van der Waals surface area contributed by atoms with Gasteiger partial charge in [0.25, 0.3) is 5.91 Å². The summed E-state index contributed by atoms with van der Waals surface area (Å²) < 4.78 is 10.5. The van der Waals surface area contributed by atoms with Gasteiger partial charge in [-0.3, -0.25) is 4.79 Å². The zero-order valence-corrected chi connectivity index (χ0v) is 14.0. The van der Waals surface area contributed by atoms with Gasteiger partial charge in [-0.05, 0) is 31.0 Å². The Morgan fingerprint density at radius 2 is 2.18 bits per heavy atom. The van der Waals surface area contributed by atoms with Crippen LogP contribution in [0.15, 0.2) is 18.2 Å². The summed E-state index contributed by atoms with van der Waals surface area (Å²) in [5.74, 6) is 0.478. The first-order chi connectivity index (χ1) is 10.1. The Kier molecular flexibility index (Phi) is 7.65. The highest BCUT2D eigenvalue weighted by Gasteiger charge is 2.27. The number of halogens is 1. The fourth-order valence-corrected chi connectivity index (χ4v) is 2.59. The molecule has 0 bridgehead atoms. The summed E-state index contributed by atoms with van der Waals surface area (Å²) in [4.78, 5) is 14.4. The summed E-state index contributed by atoms with van der Waals surface area (Å²) in [5, 5.41) is 0. The SMILES string of the molecule is COCCOCC1CCN(C(=O)c2cc(N)ccc2C)C1.Cl. The molecule has 1 aliphatic rings. The van der Waals surface area contributed by atoms with Gasteiger partial charge in [-0.1, -0.05) is 6.07 Å². The van der Waals surface area contributed by atoms with Gasteiger partial charge in [-0.2, -0.15) is 0 Å². The minimum atomic E-state index is 0. The molecule has 1 aromatic rings. The molecule has 5 nitrogen and oxygen atoms in total. The number of carbonyl (C=O) groups excluding carboxylic acids is 1. The molecule has 0 radical (unpaired) electrons. The second-order valence-electron chi connectivity index (χ2n) is 5.55. The molecule has 0 aliphatic carbocycles. The molecule has 2 rings (SSSR count). The van der Waals surface area contributed by atoms with Gasteiger partial charge in [0, 0.05) is 37.4 Å². The first-order valence-corrected chi connectivity index (χ1v) is 7.34. The van der Waals surface area contributed by atoms with Gasteiger partial charge < -0.3 is 20.1 Å². The Morgan fingerprint density at radius 1 is 1.41 bits per heavy atom. The molecule has 2 N–H and O–H groups in total. The van der Waals surface area contributed by atoms with Crippen molar-refractivity contribution in [3.8, 4) is 0 Å². The second kappa shape index (κ2) is 8.98. The highest BCUT2D eigenvalue weighted by atomic mass is 35.5. The van der Waals surface area contributed by atoms with E-state index >= 15 is 0 Å². The number of nitrogens with two attached hydrogens (primary N) is 1. The molecule has 0 aromatic heterocycles. The number of methoxy groups -OCH3 is 1. The van der Waals surface area contributed by atoms with Crippen molar-refractivity contribution in [2.45, 2.75) is 13.3 Å². The number of hydrogen-bond acceptors (Lipinski definition) is 4. The van der Waals surface area contributed by atoms with Crippen LogP contribution >= 0.6 is 12.4 Å². The smallest absolute Gasteiger partial charge is 0.254 e. The molecule has 124 valence electrons. The lowest BCUT2D eigenvalue weighted by Crippen LogP contribution is -2.30. The Hall–Kier alpha value is -1.30. The minimum Gasteiger partial charge on any atom is -0.399 e. The van der Waals surface area contributed by atoms with Crippen LogP contribution in [0, 0.1) is 12.8 Å². The molecule has 1 saturated heterocycles. The van der Waals surface area contributed by atoms with Crippen molar-refractivity contribution in [1.82, 2.24) is 4.90 Å². The number of likely N-dealkylation sites (tertiary alicyclic amines) is 1. The van der Waals surface area contributed by atoms with E-state index in [1.807, 2.05) is 24.0 Å². The van der Waals surface area contributed by atoms with E-state index in [1.54, 1.807) is 13.2 Å². The van der Waals surface area contributed by atoms with Gasteiger partial charge in [-0.25, -0.2) is 0 Å². The van der Waals surface area contributed by atoms with E-state index in [2.05, 4.69) is 0 Å². The maximum absolute atomic E-state index is 12.6. The molecule has 22 heavy (non-hydrogen) atoms. The number of anilines is 1. The lowest BCUT2D eigenvalue weighted by molar-refractivity contribution is 0.0515. The second-order valence-corrected chi connectivity index (χ2v) is 5.55. The average molecular weight is 329 g/mol. The summed E-state index contributed by atoms with van der Waals surface area (Å²) in [6.45, 7) is 5.37. The highest BCUT2D eigenvalue weighted by Crippen LogP contribution is 2.21. The Morgan fingerprint density at radius 3 is 2.91 bits per heavy atom. The molecule has 6 heteroatoms. The van der Waals surface area contributed by atoms with Crippen LogP contribution in [0.1, 0.15) is 22.3 Å². The van der Waals surface area contributed by atoms with Crippen molar-refractivity contribution in [3.63, 3.8) is 0 Å². The number of rotatable bonds is 6. The first kappa shape index (κ1) is 18.7. The fourth-order valence-electron chi connectivity index (χ4n) is 2.59. The van der Waals surface area contributed by atoms with Crippen molar-refractivity contribution in [2.24, 2.45) is 5.92 Å². The van der Waals surface area contributed by atoms with E-state index in [0.717, 1.165) is 25.1 Å². The Labute approximate surface area is 138 Å². The zero-order valence-electron chi connectivity index (χ0n) is 13.2. The molecular formula is C16H25ClN2O3. The molecule has 1 heterocycles. The lowest BCUT2D eigenvalue weighted by atomic mass is 10.1. The van der Waals surface area contributed by atoms with Crippen LogP contribution in [0.2, 0.25) is 0 Å². The van der Waals surface area contributed by atoms with E-state index in [0.29, 0.717) is 37.0 Å². The largest absolute Gasteiger partial charge is 0.399 e. The van der Waals surface area contributed by atoms with Crippen molar-refractivity contribution in [1.29, 1.82) is 0 Å². The monoisotopic (exact) mass is 328 g/mol. The number of nitrogens with zero attached hydrogens (tertiary/aromatic N) is 1. The van der Waals surface area contributed by atoms with E-state index in [1.165, 1.54) is 0 Å². The summed E-state index contributed by atoms with van der Waals surface area (Å²) in [7, 11) is 1.66. The average Bonchev–Trinajstić information content (AvgIpc) is 2.94. The van der Waals surface area contributed by atoms with Crippen molar-refractivity contribution < 1.29 is 14.3 Å². The normalized spacial score (nSPS) is 17.4. The lowest BCUT2D eigenvalue weighted by Gasteiger charge is -2.18. The summed E-state index contributed by atoms with van der Waals surface area (Å²) in [6, 6.07) is 5.48. The Bertz CT molecular complexity index is 496. The maximum Gasteiger partial charge on any atom is 0.254 e. The number of hydrogen-bond donors (Lipinski definition) is 1. The molecule has 1 aliphatic heterocycles. The van der Waals surface area contributed by atoms with Crippen LogP contribution in [-0.2, 0) is 9.47 Å². The van der Waals surface area contributed by atoms with Crippen LogP contribution in [-0.4, -0.2) is 50.8 Å². The number of aryl methyl sites for hydroxylation is 1. The number of benzene rings is 1. The summed E-state index contributed by atoms with van der Waals surface area (Å²) in [5.41, 5.74) is 8.08. The third kappa shape index (κ3) is 4.87. The van der Waals surface area contributed by atoms with Crippen LogP contribution < -0.4 is 5.73 Å². The van der Waals surface area contributed by atoms with Crippen molar-refractivity contribution in [3.05, 3.63) is 29.3 Å². The zero-order chi connectivity index (χ0) is 15.2. The summed E-state index contributed by atoms with van der Waals surface area (Å²) >= 11 is 0. The topological polar surface area (TPSA) is 64.8 Å². The Balaban J connectivity index is 0.00000242. The first-order valence-electron chi connectivity index (χ1n) is 7.34. The molecule has 0 saturated carbocycles. The number of ether oxygens (including phenoxy) is 2. The molecule has 0 spiro atoms. The number of amides is 1. The predicted octanol–water partition coefficient (Wildman–Crippen LogP) is 2.12. The number of nitrogen functional groups attached to an aromatic ring is 1. The van der Waals surface area contributed by atoms with E-state index in [4.69, 9.17) is 15.2 Å². The van der Waals surface area contributed by atoms with Crippen LogP contribution in [0.5, 0.6) is 0 Å². The number of carbonyl (C=O) groups is 1. The molecule has 1 fully saturated rings. The van der Waals surface area contributed by atoms with E-state index in [9.17, 15) is 4.79 Å². The molecular weight excluding hydrogens is 304 g/mol. The molecule has 1 aromatic carbocycles. The van der Waals surface area contributed by atoms with Gasteiger partial charge in [0.2, 0.25) is 0 Å². The minimum absolute atomic E-state index is 0. The van der Waals surface area contributed by atoms with Gasteiger partial charge in [0.05, 0.1) is 19.8 Å². The van der Waals surface area contributed by atoms with E-state index in [-0.39, 0.29) is 18.3 Å². The van der Waals surface area contributed by atoms with Crippen LogP contribution in [0.3, 0.4) is 0 Å². The third-order valence-corrected chi connectivity index (χ3v) is 3.85. The van der Waals surface area contributed by atoms with Gasteiger partial charge in [0.1, 0.15) is 0 Å². The quantitative estimate of drug-likeness (QED) is 0.641.